The molecule has 2 aliphatic heterocycles. The van der Waals surface area contributed by atoms with E-state index >= 15 is 0 Å². The van der Waals surface area contributed by atoms with E-state index in [9.17, 15) is 63.0 Å². The van der Waals surface area contributed by atoms with Gasteiger partial charge in [-0.15, -0.1) is 0 Å². The van der Waals surface area contributed by atoms with Gasteiger partial charge < -0.3 is 95.9 Å². The summed E-state index contributed by atoms with van der Waals surface area (Å²) >= 11 is 0. The number of likely N-dealkylation sites (tertiary alicyclic amines) is 1. The summed E-state index contributed by atoms with van der Waals surface area (Å²) in [6, 6.07) is -5.18. The molecule has 4 heterocycles. The molecule has 31 heteroatoms. The van der Waals surface area contributed by atoms with Gasteiger partial charge in [-0.1, -0.05) is 32.0 Å². The van der Waals surface area contributed by atoms with Crippen molar-refractivity contribution in [2.24, 2.45) is 33.8 Å². The molecular weight excluding hydrogens is 1110 g/mol. The molecule has 0 saturated carbocycles. The number of rotatable bonds is 34. The molecule has 1 aromatic carbocycles. The van der Waals surface area contributed by atoms with Crippen molar-refractivity contribution < 1.29 is 63.0 Å². The number of fused-ring (bicyclic) bond motifs is 1. The van der Waals surface area contributed by atoms with Crippen LogP contribution < -0.4 is 70.8 Å². The van der Waals surface area contributed by atoms with Gasteiger partial charge in [0, 0.05) is 61.3 Å². The molecule has 0 bridgehead atoms. The highest BCUT2D eigenvalue weighted by atomic mass is 16.3. The molecule has 0 spiro atoms. The van der Waals surface area contributed by atoms with Gasteiger partial charge in [0.25, 0.3) is 0 Å². The highest BCUT2D eigenvalue weighted by Gasteiger charge is 2.40. The van der Waals surface area contributed by atoms with Gasteiger partial charge in [0.05, 0.1) is 25.6 Å². The number of aliphatic imine (C=N–C) groups is 1. The normalized spacial score (nSPS) is 17.6. The summed E-state index contributed by atoms with van der Waals surface area (Å²) in [5.41, 5.74) is 23.7. The number of nitrogens with one attached hydrogen (secondary N) is 11. The maximum Gasteiger partial charge on any atom is 0.245 e. The largest absolute Gasteiger partial charge is 0.394 e. The molecule has 31 nitrogen and oxygen atoms in total. The first-order chi connectivity index (χ1) is 40.5. The van der Waals surface area contributed by atoms with Gasteiger partial charge in [-0.3, -0.25) is 57.7 Å². The number of imidazole rings is 1. The van der Waals surface area contributed by atoms with Gasteiger partial charge in [0.2, 0.25) is 65.0 Å². The zero-order valence-corrected chi connectivity index (χ0v) is 47.9. The first-order valence-electron chi connectivity index (χ1n) is 28.3. The van der Waals surface area contributed by atoms with E-state index in [0.29, 0.717) is 35.0 Å². The third-order valence-electron chi connectivity index (χ3n) is 14.3. The van der Waals surface area contributed by atoms with Crippen molar-refractivity contribution in [2.75, 3.05) is 32.8 Å². The lowest BCUT2D eigenvalue weighted by Gasteiger charge is -2.31. The molecule has 11 amide bonds. The minimum Gasteiger partial charge on any atom is -0.394 e. The molecule has 10 atom stereocenters. The molecule has 2 aromatic heterocycles. The highest BCUT2D eigenvalue weighted by molar-refractivity contribution is 5.99. The van der Waals surface area contributed by atoms with Crippen LogP contribution >= 0.6 is 0 Å². The van der Waals surface area contributed by atoms with E-state index in [1.807, 2.05) is 0 Å². The number of para-hydroxylation sites is 1. The predicted molar refractivity (Wildman–Crippen MR) is 307 cm³/mol. The number of guanidine groups is 1. The van der Waals surface area contributed by atoms with Crippen molar-refractivity contribution >= 4 is 81.8 Å². The van der Waals surface area contributed by atoms with Crippen LogP contribution in [0.2, 0.25) is 0 Å². The van der Waals surface area contributed by atoms with Gasteiger partial charge in [-0.25, -0.2) is 4.98 Å². The average Bonchev–Trinajstić information content (AvgIpc) is 3.81. The number of hydrogen-bond donors (Lipinski definition) is 17. The SMILES string of the molecule is CC(C)C[C@H](NC(=O)[C@H](CCCCN)NC(=O)[C@@H](NC(=O)[C@H](CO)NC(=O)[C@H](Cc1c[nH]c2ccccc12)NC(=O)[C@H](Cc1cnc[nH]1)NC(=O)[C@@H]1CCC(=O)N1)[C@@H](C)O)C(=O)N[C@@H](CCCN=C(N)N)C(=O)N1CCC[C@H]1C(=O)NCC(N)=O. The van der Waals surface area contributed by atoms with Crippen molar-refractivity contribution in [2.45, 2.75) is 158 Å². The average molecular weight is 1190 g/mol. The zero-order valence-electron chi connectivity index (χ0n) is 47.9. The number of carbonyl (C=O) groups excluding carboxylic acids is 11. The van der Waals surface area contributed by atoms with E-state index in [0.717, 1.165) is 0 Å². The maximum atomic E-state index is 14.4. The number of unbranched alkanes of at least 4 members (excludes halogenated alkanes) is 1. The molecule has 3 aromatic rings. The highest BCUT2D eigenvalue weighted by Crippen LogP contribution is 2.22. The van der Waals surface area contributed by atoms with Crippen LogP contribution in [0.15, 0.2) is 48.0 Å². The fraction of sp³-hybridized carbons (Fsp3) is 0.574. The van der Waals surface area contributed by atoms with Crippen LogP contribution in [0.1, 0.15) is 96.2 Å². The van der Waals surface area contributed by atoms with Gasteiger partial charge in [-0.05, 0) is 88.8 Å². The van der Waals surface area contributed by atoms with Crippen molar-refractivity contribution in [3.8, 4) is 0 Å². The number of benzene rings is 1. The third kappa shape index (κ3) is 20.5. The van der Waals surface area contributed by atoms with Crippen molar-refractivity contribution in [3.05, 3.63) is 54.2 Å². The number of aliphatic hydroxyl groups is 2. The van der Waals surface area contributed by atoms with Crippen LogP contribution in [0, 0.1) is 5.92 Å². The third-order valence-corrected chi connectivity index (χ3v) is 14.3. The summed E-state index contributed by atoms with van der Waals surface area (Å²) in [6.45, 7) is 3.67. The predicted octanol–water partition coefficient (Wildman–Crippen LogP) is -5.46. The topological polar surface area (TPSA) is 501 Å². The van der Waals surface area contributed by atoms with Crippen LogP contribution in [-0.2, 0) is 65.6 Å². The van der Waals surface area contributed by atoms with E-state index in [1.165, 1.54) is 24.3 Å². The Labute approximate surface area is 490 Å². The van der Waals surface area contributed by atoms with Gasteiger partial charge in [0.1, 0.15) is 54.4 Å². The second-order valence-electron chi connectivity index (χ2n) is 21.5. The van der Waals surface area contributed by atoms with Crippen LogP contribution in [0.5, 0.6) is 0 Å². The zero-order chi connectivity index (χ0) is 62.3. The standard InChI is InChI=1S/C54H82N18O13/c1-28(2)20-37(47(79)66-36(13-8-18-60-54(57)58)53(85)72-19-9-14-41(72)51(83)62-25-42(56)75)67-45(77)34(12-6-7-17-55)65-52(84)44(29(3)74)71-50(82)40(26-73)70-48(80)38(21-30-23-61-33-11-5-4-10-32(30)33)68-49(81)39(22-31-24-59-27-63-31)69-46(78)35-15-16-43(76)64-35/h4-5,10-11,23-24,27-29,34-41,44,61,73-74H,6-9,12-22,25-26,55H2,1-3H3,(H2,56,75)(H,59,63)(H,62,83)(H,64,76)(H,65,84)(H,66,79)(H,67,77)(H,68,81)(H,69,78)(H,70,80)(H,71,82)(H4,57,58,60)/t29-,34+,35+,36+,37+,38+,39+,40+,41+,44+/m1/s1. The molecule has 0 radical (unpaired) electrons. The summed E-state index contributed by atoms with van der Waals surface area (Å²) < 4.78 is 0. The Morgan fingerprint density at radius 1 is 0.741 bits per heavy atom. The Morgan fingerprint density at radius 3 is 2.01 bits per heavy atom. The van der Waals surface area contributed by atoms with Crippen molar-refractivity contribution in [1.82, 2.24) is 67.7 Å². The van der Waals surface area contributed by atoms with Crippen LogP contribution in [0.25, 0.3) is 10.9 Å². The Hall–Kier alpha value is -8.71. The second-order valence-corrected chi connectivity index (χ2v) is 21.5. The molecular formula is C54H82N18O13. The molecule has 466 valence electrons. The number of aliphatic hydroxyl groups excluding tert-OH is 2. The Bertz CT molecular complexity index is 2840. The van der Waals surface area contributed by atoms with Crippen LogP contribution in [-0.4, -0.2) is 194 Å². The molecule has 21 N–H and O–H groups in total. The number of nitrogens with two attached hydrogens (primary N) is 4. The maximum absolute atomic E-state index is 14.4. The number of primary amides is 1. The van der Waals surface area contributed by atoms with E-state index in [2.05, 4.69) is 67.8 Å². The van der Waals surface area contributed by atoms with E-state index in [-0.39, 0.29) is 102 Å². The van der Waals surface area contributed by atoms with Gasteiger partial charge in [0.15, 0.2) is 5.96 Å². The van der Waals surface area contributed by atoms with E-state index < -0.39 is 133 Å². The monoisotopic (exact) mass is 1190 g/mol. The van der Waals surface area contributed by atoms with Gasteiger partial charge >= 0.3 is 0 Å². The summed E-state index contributed by atoms with van der Waals surface area (Å²) in [7, 11) is 0. The Kier molecular flexibility index (Phi) is 26.0. The lowest BCUT2D eigenvalue weighted by molar-refractivity contribution is -0.142. The van der Waals surface area contributed by atoms with Crippen molar-refractivity contribution in [3.63, 3.8) is 0 Å². The summed E-state index contributed by atoms with van der Waals surface area (Å²) in [6.07, 6.45) is 4.34. The number of amides is 11. The number of hydrogen-bond acceptors (Lipinski definition) is 16. The number of H-pyrrole nitrogens is 2. The summed E-state index contributed by atoms with van der Waals surface area (Å²) in [4.78, 5) is 165. The second kappa shape index (κ2) is 33.0. The molecule has 0 unspecified atom stereocenters. The first-order valence-corrected chi connectivity index (χ1v) is 28.3. The minimum absolute atomic E-state index is 0.00171. The lowest BCUT2D eigenvalue weighted by atomic mass is 10.0. The Balaban J connectivity index is 1.33. The smallest absolute Gasteiger partial charge is 0.245 e. The molecule has 2 saturated heterocycles. The van der Waals surface area contributed by atoms with E-state index in [1.54, 1.807) is 44.3 Å². The number of nitrogens with zero attached hydrogens (tertiary/aromatic N) is 3. The summed E-state index contributed by atoms with van der Waals surface area (Å²) in [5.74, 6) is -9.13. The van der Waals surface area contributed by atoms with Gasteiger partial charge in [-0.2, -0.15) is 0 Å². The molecule has 0 aliphatic carbocycles. The lowest BCUT2D eigenvalue weighted by Crippen LogP contribution is -2.62. The molecule has 5 rings (SSSR count). The molecule has 2 aliphatic rings. The van der Waals surface area contributed by atoms with E-state index in [4.69, 9.17) is 22.9 Å². The fourth-order valence-electron chi connectivity index (χ4n) is 9.86. The minimum atomic E-state index is -1.82. The Morgan fingerprint density at radius 2 is 1.38 bits per heavy atom. The molecule has 2 fully saturated rings. The van der Waals surface area contributed by atoms with Crippen molar-refractivity contribution in [1.29, 1.82) is 0 Å². The molecule has 85 heavy (non-hydrogen) atoms. The quantitative estimate of drug-likeness (QED) is 0.0151. The summed E-state index contributed by atoms with van der Waals surface area (Å²) in [5, 5.41) is 45.3. The van der Waals surface area contributed by atoms with Crippen LogP contribution in [0.3, 0.4) is 0 Å². The fourth-order valence-corrected chi connectivity index (χ4v) is 9.86. The number of aromatic nitrogens is 3. The van der Waals surface area contributed by atoms with Crippen LogP contribution in [0.4, 0.5) is 0 Å². The number of carbonyl (C=O) groups is 11. The number of aromatic amines is 2. The first kappa shape index (κ1) is 67.1.